The van der Waals surface area contributed by atoms with E-state index in [2.05, 4.69) is 15.6 Å². The molecule has 3 N–H and O–H groups in total. The molecule has 1 aliphatic rings. The Bertz CT molecular complexity index is 1240. The first-order valence-corrected chi connectivity index (χ1v) is 10.3. The smallest absolute Gasteiger partial charge is 0.251 e. The third-order valence-corrected chi connectivity index (χ3v) is 5.18. The number of carbonyl (C=O) groups excluding carboxylic acids is 2. The lowest BCUT2D eigenvalue weighted by Gasteiger charge is -2.11. The predicted molar refractivity (Wildman–Crippen MR) is 129 cm³/mol. The van der Waals surface area contributed by atoms with E-state index in [1.165, 1.54) is 6.21 Å². The van der Waals surface area contributed by atoms with E-state index in [-0.39, 0.29) is 22.4 Å². The average Bonchev–Trinajstić information content (AvgIpc) is 3.15. The van der Waals surface area contributed by atoms with Crippen LogP contribution in [0.3, 0.4) is 0 Å². The van der Waals surface area contributed by atoms with Crippen LogP contribution in [0.15, 0.2) is 95.5 Å². The molecule has 0 aliphatic carbocycles. The standard InChI is InChI=1S/C25H19N3O3S/c29-22(16-9-3-1-4-10-16)19(23(30)17-11-5-2-6-12-17)15-26-25(32)28-21-18-13-7-8-14-20(18)27-24(21)31/h1-15,21,29H,(H,27,31)(H,28,32). The summed E-state index contributed by atoms with van der Waals surface area (Å²) in [7, 11) is 0. The van der Waals surface area contributed by atoms with Gasteiger partial charge in [-0.3, -0.25) is 9.59 Å². The number of amides is 1. The summed E-state index contributed by atoms with van der Waals surface area (Å²) in [5, 5.41) is 16.5. The van der Waals surface area contributed by atoms with Gasteiger partial charge in [-0.25, -0.2) is 4.99 Å². The zero-order chi connectivity index (χ0) is 22.5. The van der Waals surface area contributed by atoms with Crippen LogP contribution in [0.25, 0.3) is 5.76 Å². The molecule has 1 amide bonds. The molecule has 4 rings (SSSR count). The summed E-state index contributed by atoms with van der Waals surface area (Å²) >= 11 is 5.29. The number of aliphatic imine (C=N–C) groups is 1. The van der Waals surface area contributed by atoms with E-state index in [1.54, 1.807) is 60.7 Å². The third kappa shape index (κ3) is 4.48. The van der Waals surface area contributed by atoms with E-state index >= 15 is 0 Å². The Morgan fingerprint density at radius 1 is 0.938 bits per heavy atom. The van der Waals surface area contributed by atoms with Gasteiger partial charge in [0.15, 0.2) is 10.9 Å². The molecule has 0 spiro atoms. The molecule has 0 saturated heterocycles. The number of aliphatic hydroxyl groups is 1. The van der Waals surface area contributed by atoms with Gasteiger partial charge in [0.05, 0.1) is 5.57 Å². The number of Topliss-reactive ketones (excluding diaryl/α,β-unsaturated/α-hetero) is 1. The van der Waals surface area contributed by atoms with Crippen LogP contribution in [0.2, 0.25) is 0 Å². The van der Waals surface area contributed by atoms with Crippen molar-refractivity contribution in [3.63, 3.8) is 0 Å². The zero-order valence-electron chi connectivity index (χ0n) is 16.9. The minimum absolute atomic E-state index is 0.0113. The van der Waals surface area contributed by atoms with Crippen molar-refractivity contribution in [1.29, 1.82) is 0 Å². The predicted octanol–water partition coefficient (Wildman–Crippen LogP) is 4.48. The molecule has 1 unspecified atom stereocenters. The number of benzene rings is 3. The number of nitrogens with one attached hydrogen (secondary N) is 2. The van der Waals surface area contributed by atoms with Crippen molar-refractivity contribution in [3.8, 4) is 0 Å². The number of nitrogens with zero attached hydrogens (tertiary/aromatic N) is 1. The van der Waals surface area contributed by atoms with E-state index in [9.17, 15) is 14.7 Å². The van der Waals surface area contributed by atoms with E-state index in [1.807, 2.05) is 24.3 Å². The topological polar surface area (TPSA) is 90.8 Å². The van der Waals surface area contributed by atoms with Crippen molar-refractivity contribution in [2.45, 2.75) is 6.04 Å². The van der Waals surface area contributed by atoms with Crippen LogP contribution in [0.1, 0.15) is 27.5 Å². The number of thiocarbonyl (C=S) groups is 1. The number of carbonyl (C=O) groups is 2. The van der Waals surface area contributed by atoms with Gasteiger partial charge in [-0.05, 0) is 18.3 Å². The van der Waals surface area contributed by atoms with Crippen molar-refractivity contribution in [3.05, 3.63) is 107 Å². The minimum atomic E-state index is -0.684. The van der Waals surface area contributed by atoms with Gasteiger partial charge < -0.3 is 15.7 Å². The third-order valence-electron chi connectivity index (χ3n) is 4.95. The van der Waals surface area contributed by atoms with E-state index in [0.717, 1.165) is 5.56 Å². The Morgan fingerprint density at radius 2 is 1.53 bits per heavy atom. The maximum Gasteiger partial charge on any atom is 0.251 e. The van der Waals surface area contributed by atoms with E-state index in [4.69, 9.17) is 12.2 Å². The molecule has 3 aromatic carbocycles. The number of hydrogen-bond acceptors (Lipinski definition) is 4. The summed E-state index contributed by atoms with van der Waals surface area (Å²) in [4.78, 5) is 29.6. The molecular formula is C25H19N3O3S. The maximum absolute atomic E-state index is 13.1. The van der Waals surface area contributed by atoms with Crippen molar-refractivity contribution < 1.29 is 14.7 Å². The first-order chi connectivity index (χ1) is 15.5. The van der Waals surface area contributed by atoms with Crippen LogP contribution in [-0.4, -0.2) is 28.1 Å². The molecule has 1 aliphatic heterocycles. The summed E-state index contributed by atoms with van der Waals surface area (Å²) in [6.45, 7) is 0. The van der Waals surface area contributed by atoms with Crippen LogP contribution < -0.4 is 10.6 Å². The second-order valence-corrected chi connectivity index (χ2v) is 7.43. The highest BCUT2D eigenvalue weighted by atomic mass is 32.1. The highest BCUT2D eigenvalue weighted by Gasteiger charge is 2.30. The lowest BCUT2D eigenvalue weighted by molar-refractivity contribution is -0.117. The fraction of sp³-hybridized carbons (Fsp3) is 0.0400. The van der Waals surface area contributed by atoms with Crippen LogP contribution in [-0.2, 0) is 4.79 Å². The number of rotatable bonds is 5. The molecule has 1 atom stereocenters. The quantitative estimate of drug-likeness (QED) is 0.179. The fourth-order valence-corrected chi connectivity index (χ4v) is 3.53. The number of hydrogen-bond donors (Lipinski definition) is 3. The van der Waals surface area contributed by atoms with Gasteiger partial charge in [-0.1, -0.05) is 78.9 Å². The fourth-order valence-electron chi connectivity index (χ4n) is 3.36. The molecule has 0 aromatic heterocycles. The van der Waals surface area contributed by atoms with Gasteiger partial charge >= 0.3 is 0 Å². The average molecular weight is 442 g/mol. The molecule has 6 nitrogen and oxygen atoms in total. The van der Waals surface area contributed by atoms with E-state index < -0.39 is 11.8 Å². The van der Waals surface area contributed by atoms with Gasteiger partial charge in [-0.15, -0.1) is 0 Å². The van der Waals surface area contributed by atoms with Crippen molar-refractivity contribution in [2.75, 3.05) is 5.32 Å². The van der Waals surface area contributed by atoms with Gasteiger partial charge in [0.2, 0.25) is 0 Å². The lowest BCUT2D eigenvalue weighted by atomic mass is 10.0. The highest BCUT2D eigenvalue weighted by molar-refractivity contribution is 7.80. The SMILES string of the molecule is O=C(C(C=NC(=S)NC1C(=O)Nc2ccccc21)=C(O)c1ccccc1)c1ccccc1. The Morgan fingerprint density at radius 3 is 2.22 bits per heavy atom. The zero-order valence-corrected chi connectivity index (χ0v) is 17.7. The monoisotopic (exact) mass is 441 g/mol. The summed E-state index contributed by atoms with van der Waals surface area (Å²) in [6.07, 6.45) is 1.23. The molecule has 7 heteroatoms. The second-order valence-electron chi connectivity index (χ2n) is 7.04. The number of anilines is 1. The summed E-state index contributed by atoms with van der Waals surface area (Å²) in [5.41, 5.74) is 2.34. The molecule has 0 radical (unpaired) electrons. The highest BCUT2D eigenvalue weighted by Crippen LogP contribution is 2.30. The minimum Gasteiger partial charge on any atom is -0.506 e. The molecule has 3 aromatic rings. The summed E-state index contributed by atoms with van der Waals surface area (Å²) < 4.78 is 0. The number of para-hydroxylation sites is 1. The summed E-state index contributed by atoms with van der Waals surface area (Å²) in [5.74, 6) is -0.857. The lowest BCUT2D eigenvalue weighted by Crippen LogP contribution is -2.31. The molecule has 0 saturated carbocycles. The first kappa shape index (κ1) is 21.1. The number of fused-ring (bicyclic) bond motifs is 1. The molecule has 1 heterocycles. The first-order valence-electron chi connectivity index (χ1n) is 9.87. The number of allylic oxidation sites excluding steroid dienone is 1. The second kappa shape index (κ2) is 9.36. The van der Waals surface area contributed by atoms with Crippen molar-refractivity contribution >= 4 is 46.7 Å². The molecule has 0 fully saturated rings. The molecular weight excluding hydrogens is 422 g/mol. The maximum atomic E-state index is 13.1. The Kier molecular flexibility index (Phi) is 6.19. The molecule has 158 valence electrons. The molecule has 0 bridgehead atoms. The number of aliphatic hydroxyl groups excluding tert-OH is 1. The normalized spacial score (nSPS) is 15.6. The van der Waals surface area contributed by atoms with Gasteiger partial charge in [0, 0.05) is 28.6 Å². The Labute approximate surface area is 190 Å². The van der Waals surface area contributed by atoms with Crippen LogP contribution >= 0.6 is 12.2 Å². The van der Waals surface area contributed by atoms with Crippen LogP contribution in [0.4, 0.5) is 5.69 Å². The van der Waals surface area contributed by atoms with Gasteiger partial charge in [0.25, 0.3) is 5.91 Å². The summed E-state index contributed by atoms with van der Waals surface area (Å²) in [6, 6.07) is 23.9. The van der Waals surface area contributed by atoms with Gasteiger partial charge in [-0.2, -0.15) is 0 Å². The number of ketones is 1. The molecule has 32 heavy (non-hydrogen) atoms. The van der Waals surface area contributed by atoms with Crippen LogP contribution in [0, 0.1) is 0 Å². The Hall–Kier alpha value is -4.10. The van der Waals surface area contributed by atoms with Crippen molar-refractivity contribution in [2.24, 2.45) is 4.99 Å². The van der Waals surface area contributed by atoms with Crippen molar-refractivity contribution in [1.82, 2.24) is 5.32 Å². The largest absolute Gasteiger partial charge is 0.506 e. The van der Waals surface area contributed by atoms with E-state index in [0.29, 0.717) is 16.8 Å². The van der Waals surface area contributed by atoms with Gasteiger partial charge in [0.1, 0.15) is 11.8 Å². The Balaban J connectivity index is 1.62. The van der Waals surface area contributed by atoms with Crippen LogP contribution in [0.5, 0.6) is 0 Å².